The Labute approximate surface area is 103 Å². The van der Waals surface area contributed by atoms with Gasteiger partial charge in [-0.2, -0.15) is 0 Å². The van der Waals surface area contributed by atoms with Crippen LogP contribution < -0.4 is 10.4 Å². The lowest BCUT2D eigenvalue weighted by Crippen LogP contribution is -2.19. The monoisotopic (exact) mass is 234 g/mol. The van der Waals surface area contributed by atoms with Gasteiger partial charge in [-0.05, 0) is 27.2 Å². The highest BCUT2D eigenvalue weighted by Gasteiger charge is 1.97. The molecule has 0 heterocycles. The van der Waals surface area contributed by atoms with Crippen LogP contribution in [0.15, 0.2) is 54.6 Å². The number of hydrogen-bond donors (Lipinski definition) is 0. The summed E-state index contributed by atoms with van der Waals surface area (Å²) in [5.74, 6) is 0. The SMILES string of the molecule is C1=c2ccccc2=CC1=[SiH]Cc1ccccc1. The minimum atomic E-state index is 0.348. The van der Waals surface area contributed by atoms with Crippen molar-refractivity contribution in [3.63, 3.8) is 0 Å². The second kappa shape index (κ2) is 4.64. The molecule has 0 bridgehead atoms. The Kier molecular flexibility index (Phi) is 2.84. The molecule has 0 nitrogen and oxygen atoms in total. The smallest absolute Gasteiger partial charge is 0.00739 e. The molecule has 17 heavy (non-hydrogen) atoms. The zero-order valence-electron chi connectivity index (χ0n) is 9.64. The molecule has 82 valence electrons. The van der Waals surface area contributed by atoms with Crippen molar-refractivity contribution in [1.82, 2.24) is 0 Å². The second-order valence-electron chi connectivity index (χ2n) is 4.31. The van der Waals surface area contributed by atoms with Gasteiger partial charge in [0.1, 0.15) is 0 Å². The Morgan fingerprint density at radius 2 is 1.29 bits per heavy atom. The minimum Gasteiger partial charge on any atom is -0.0622 e. The third-order valence-electron chi connectivity index (χ3n) is 3.06. The fourth-order valence-corrected chi connectivity index (χ4v) is 3.48. The topological polar surface area (TPSA) is 0 Å². The number of hydrogen-bond acceptors (Lipinski definition) is 0. The van der Waals surface area contributed by atoms with Crippen molar-refractivity contribution in [3.8, 4) is 0 Å². The van der Waals surface area contributed by atoms with Gasteiger partial charge in [0.25, 0.3) is 0 Å². The summed E-state index contributed by atoms with van der Waals surface area (Å²) in [5.41, 5.74) is 1.45. The molecule has 0 aromatic heterocycles. The molecule has 1 aliphatic carbocycles. The third kappa shape index (κ3) is 2.34. The molecule has 0 N–H and O–H groups in total. The summed E-state index contributed by atoms with van der Waals surface area (Å²) in [5, 5.41) is 4.28. The summed E-state index contributed by atoms with van der Waals surface area (Å²) < 4.78 is 0. The number of fused-ring (bicyclic) bond motifs is 1. The van der Waals surface area contributed by atoms with E-state index >= 15 is 0 Å². The van der Waals surface area contributed by atoms with Gasteiger partial charge in [0.15, 0.2) is 0 Å². The fraction of sp³-hybridized carbons (Fsp3) is 0.0625. The molecule has 1 heteroatoms. The van der Waals surface area contributed by atoms with Crippen molar-refractivity contribution < 1.29 is 0 Å². The minimum absolute atomic E-state index is 0.348. The molecule has 0 radical (unpaired) electrons. The summed E-state index contributed by atoms with van der Waals surface area (Å²) in [6.07, 6.45) is 4.68. The van der Waals surface area contributed by atoms with E-state index in [4.69, 9.17) is 0 Å². The van der Waals surface area contributed by atoms with Crippen LogP contribution in [0, 0.1) is 0 Å². The first kappa shape index (κ1) is 10.4. The summed E-state index contributed by atoms with van der Waals surface area (Å²) >= 11 is 0. The van der Waals surface area contributed by atoms with Gasteiger partial charge in [-0.25, -0.2) is 0 Å². The average molecular weight is 234 g/mol. The molecular weight excluding hydrogens is 220 g/mol. The summed E-state index contributed by atoms with van der Waals surface area (Å²) in [6.45, 7) is 0. The van der Waals surface area contributed by atoms with Crippen LogP contribution in [-0.2, 0) is 6.04 Å². The Balaban J connectivity index is 1.87. The second-order valence-corrected chi connectivity index (χ2v) is 5.79. The molecule has 0 saturated carbocycles. The lowest BCUT2D eigenvalue weighted by molar-refractivity contribution is 1.40. The first-order valence-corrected chi connectivity index (χ1v) is 7.34. The van der Waals surface area contributed by atoms with E-state index in [1.165, 1.54) is 27.2 Å². The maximum atomic E-state index is 2.34. The Morgan fingerprint density at radius 1 is 0.706 bits per heavy atom. The molecular formula is C16H14Si. The van der Waals surface area contributed by atoms with Crippen LogP contribution >= 0.6 is 0 Å². The van der Waals surface area contributed by atoms with Crippen molar-refractivity contribution in [3.05, 3.63) is 70.6 Å². The van der Waals surface area contributed by atoms with Crippen LogP contribution in [0.3, 0.4) is 0 Å². The van der Waals surface area contributed by atoms with E-state index in [-0.39, 0.29) is 0 Å². The molecule has 1 aliphatic rings. The Bertz CT molecular complexity index is 629. The maximum absolute atomic E-state index is 2.34. The van der Waals surface area contributed by atoms with E-state index in [1.54, 1.807) is 0 Å². The van der Waals surface area contributed by atoms with E-state index in [0.29, 0.717) is 9.13 Å². The Hall–Kier alpha value is -1.73. The molecule has 0 saturated heterocycles. The highest BCUT2D eigenvalue weighted by molar-refractivity contribution is 6.68. The first-order valence-electron chi connectivity index (χ1n) is 5.94. The average Bonchev–Trinajstić information content (AvgIpc) is 2.80. The van der Waals surface area contributed by atoms with Gasteiger partial charge in [-0.15, -0.1) is 0 Å². The summed E-state index contributed by atoms with van der Waals surface area (Å²) in [6, 6.07) is 20.6. The molecule has 0 fully saturated rings. The molecule has 0 atom stereocenters. The fourth-order valence-electron chi connectivity index (χ4n) is 2.14. The normalized spacial score (nSPS) is 12.6. The summed E-state index contributed by atoms with van der Waals surface area (Å²) in [7, 11) is 0.348. The van der Waals surface area contributed by atoms with Gasteiger partial charge in [-0.3, -0.25) is 0 Å². The van der Waals surface area contributed by atoms with Gasteiger partial charge in [0, 0.05) is 9.13 Å². The van der Waals surface area contributed by atoms with Gasteiger partial charge >= 0.3 is 0 Å². The van der Waals surface area contributed by atoms with Crippen molar-refractivity contribution in [2.45, 2.75) is 6.04 Å². The molecule has 0 amide bonds. The third-order valence-corrected chi connectivity index (χ3v) is 4.54. The predicted octanol–water partition coefficient (Wildman–Crippen LogP) is 1.07. The molecule has 3 rings (SSSR count). The molecule has 0 aliphatic heterocycles. The number of benzene rings is 2. The van der Waals surface area contributed by atoms with Crippen molar-refractivity contribution in [1.29, 1.82) is 0 Å². The van der Waals surface area contributed by atoms with Crippen molar-refractivity contribution in [2.75, 3.05) is 0 Å². The number of rotatable bonds is 2. The molecule has 2 aromatic carbocycles. The maximum Gasteiger partial charge on any atom is 0.00739 e. The van der Waals surface area contributed by atoms with Crippen molar-refractivity contribution in [2.24, 2.45) is 0 Å². The van der Waals surface area contributed by atoms with Crippen LogP contribution in [0.2, 0.25) is 0 Å². The molecule has 0 spiro atoms. The van der Waals surface area contributed by atoms with Gasteiger partial charge < -0.3 is 0 Å². The largest absolute Gasteiger partial charge is 0.0622 e. The van der Waals surface area contributed by atoms with E-state index < -0.39 is 0 Å². The van der Waals surface area contributed by atoms with Gasteiger partial charge in [0.05, 0.1) is 0 Å². The van der Waals surface area contributed by atoms with Gasteiger partial charge in [-0.1, -0.05) is 66.7 Å². The zero-order valence-corrected chi connectivity index (χ0v) is 10.8. The standard InChI is InChI=1S/C16H14Si/c1-2-6-13(7-3-1)12-17-16-10-14-8-4-5-9-15(14)11-16/h1-11,17H,12H2. The molecule has 0 unspecified atom stereocenters. The van der Waals surface area contributed by atoms with Crippen LogP contribution in [-0.4, -0.2) is 14.3 Å². The highest BCUT2D eigenvalue weighted by atomic mass is 28.2. The van der Waals surface area contributed by atoms with Gasteiger partial charge in [0.2, 0.25) is 0 Å². The predicted molar refractivity (Wildman–Crippen MR) is 76.9 cm³/mol. The van der Waals surface area contributed by atoms with Crippen LogP contribution in [0.4, 0.5) is 0 Å². The van der Waals surface area contributed by atoms with Crippen LogP contribution in [0.5, 0.6) is 0 Å². The van der Waals surface area contributed by atoms with E-state index in [9.17, 15) is 0 Å². The quantitative estimate of drug-likeness (QED) is 0.682. The lowest BCUT2D eigenvalue weighted by Gasteiger charge is -1.95. The Morgan fingerprint density at radius 3 is 1.94 bits per heavy atom. The zero-order chi connectivity index (χ0) is 11.5. The van der Waals surface area contributed by atoms with E-state index in [2.05, 4.69) is 66.7 Å². The van der Waals surface area contributed by atoms with Crippen LogP contribution in [0.1, 0.15) is 5.56 Å². The highest BCUT2D eigenvalue weighted by Crippen LogP contribution is 1.97. The lowest BCUT2D eigenvalue weighted by atomic mass is 10.2. The van der Waals surface area contributed by atoms with E-state index in [1.807, 2.05) is 0 Å². The van der Waals surface area contributed by atoms with E-state index in [0.717, 1.165) is 0 Å². The van der Waals surface area contributed by atoms with Crippen molar-refractivity contribution >= 4 is 26.5 Å². The first-order chi connectivity index (χ1) is 8.42. The van der Waals surface area contributed by atoms with Crippen LogP contribution in [0.25, 0.3) is 12.2 Å². The molecule has 2 aromatic rings. The summed E-state index contributed by atoms with van der Waals surface area (Å²) in [4.78, 5) is 0.